The van der Waals surface area contributed by atoms with E-state index in [1.165, 1.54) is 12.4 Å². The molecule has 1 N–H and O–H groups in total. The van der Waals surface area contributed by atoms with Crippen molar-refractivity contribution >= 4 is 35.3 Å². The quantitative estimate of drug-likeness (QED) is 0.560. The van der Waals surface area contributed by atoms with Gasteiger partial charge in [0.2, 0.25) is 0 Å². The van der Waals surface area contributed by atoms with Crippen molar-refractivity contribution in [2.75, 3.05) is 0 Å². The molecule has 0 radical (unpaired) electrons. The van der Waals surface area contributed by atoms with Crippen LogP contribution < -0.4 is 5.43 Å². The topological polar surface area (TPSA) is 72.2 Å². The smallest absolute Gasteiger partial charge is 0.266 e. The summed E-state index contributed by atoms with van der Waals surface area (Å²) in [5, 5.41) is 9.28. The summed E-state index contributed by atoms with van der Waals surface area (Å²) in [4.78, 5) is 15.9. The third-order valence-corrected chi connectivity index (χ3v) is 3.96. The fourth-order valence-corrected chi connectivity index (χ4v) is 2.65. The molecule has 0 aliphatic heterocycles. The molecule has 0 aliphatic carbocycles. The molecule has 126 valence electrons. The zero-order valence-electron chi connectivity index (χ0n) is 13.1. The van der Waals surface area contributed by atoms with E-state index in [0.717, 1.165) is 5.69 Å². The number of hydrogen-bond acceptors (Lipinski definition) is 4. The number of hydrazone groups is 1. The fourth-order valence-electron chi connectivity index (χ4n) is 2.15. The van der Waals surface area contributed by atoms with Gasteiger partial charge in [0.05, 0.1) is 23.2 Å². The fraction of sp³-hybridized carbons (Fsp3) is 0.0588. The zero-order chi connectivity index (χ0) is 17.8. The highest BCUT2D eigenvalue weighted by Crippen LogP contribution is 2.23. The highest BCUT2D eigenvalue weighted by atomic mass is 35.5. The molecule has 25 heavy (non-hydrogen) atoms. The van der Waals surface area contributed by atoms with Crippen LogP contribution in [-0.4, -0.2) is 26.9 Å². The lowest BCUT2D eigenvalue weighted by molar-refractivity contribution is 0.0950. The first-order valence-electron chi connectivity index (χ1n) is 7.32. The second-order valence-corrected chi connectivity index (χ2v) is 5.89. The second-order valence-electron chi connectivity index (χ2n) is 5.10. The average molecular weight is 374 g/mol. The maximum atomic E-state index is 11.9. The Balaban J connectivity index is 1.80. The standard InChI is InChI=1S/C17H13Cl2N5O/c1-11-14(10-21-22-17(25)15-7-2-3-8-20-15)16(19)24(23-11)13-6-4-5-12(18)9-13/h2-10H,1H3,(H,22,25)/b21-10-. The van der Waals surface area contributed by atoms with E-state index in [1.807, 2.05) is 12.1 Å². The summed E-state index contributed by atoms with van der Waals surface area (Å²) in [7, 11) is 0. The van der Waals surface area contributed by atoms with Crippen molar-refractivity contribution in [2.45, 2.75) is 6.92 Å². The van der Waals surface area contributed by atoms with E-state index in [9.17, 15) is 4.79 Å². The van der Waals surface area contributed by atoms with Crippen LogP contribution in [0.3, 0.4) is 0 Å². The van der Waals surface area contributed by atoms with Gasteiger partial charge in [0.25, 0.3) is 5.91 Å². The van der Waals surface area contributed by atoms with Crippen molar-refractivity contribution in [2.24, 2.45) is 5.10 Å². The Hall–Kier alpha value is -2.70. The molecule has 3 aromatic rings. The minimum atomic E-state index is -0.409. The number of aromatic nitrogens is 3. The van der Waals surface area contributed by atoms with E-state index in [0.29, 0.717) is 21.4 Å². The van der Waals surface area contributed by atoms with E-state index in [1.54, 1.807) is 41.9 Å². The Morgan fingerprint density at radius 1 is 1.24 bits per heavy atom. The number of aryl methyl sites for hydroxylation is 1. The lowest BCUT2D eigenvalue weighted by Gasteiger charge is -2.03. The van der Waals surface area contributed by atoms with Crippen molar-refractivity contribution in [3.63, 3.8) is 0 Å². The first-order valence-corrected chi connectivity index (χ1v) is 8.07. The van der Waals surface area contributed by atoms with Gasteiger partial charge in [0, 0.05) is 11.2 Å². The first kappa shape index (κ1) is 17.1. The monoisotopic (exact) mass is 373 g/mol. The van der Waals surface area contributed by atoms with E-state index in [4.69, 9.17) is 23.2 Å². The van der Waals surface area contributed by atoms with Gasteiger partial charge in [0.15, 0.2) is 0 Å². The van der Waals surface area contributed by atoms with Crippen molar-refractivity contribution in [1.82, 2.24) is 20.2 Å². The number of halogens is 2. The minimum absolute atomic E-state index is 0.275. The lowest BCUT2D eigenvalue weighted by atomic mass is 10.3. The highest BCUT2D eigenvalue weighted by molar-refractivity contribution is 6.32. The van der Waals surface area contributed by atoms with Crippen LogP contribution in [0.1, 0.15) is 21.7 Å². The number of nitrogens with zero attached hydrogens (tertiary/aromatic N) is 4. The number of benzene rings is 1. The molecule has 8 heteroatoms. The maximum absolute atomic E-state index is 11.9. The number of nitrogens with one attached hydrogen (secondary N) is 1. The summed E-state index contributed by atoms with van der Waals surface area (Å²) < 4.78 is 1.56. The van der Waals surface area contributed by atoms with Crippen molar-refractivity contribution in [3.8, 4) is 5.69 Å². The SMILES string of the molecule is Cc1nn(-c2cccc(Cl)c2)c(Cl)c1/C=N\NC(=O)c1ccccn1. The molecule has 1 amide bonds. The summed E-state index contributed by atoms with van der Waals surface area (Å²) in [6, 6.07) is 12.2. The van der Waals surface area contributed by atoms with Gasteiger partial charge in [0.1, 0.15) is 10.8 Å². The van der Waals surface area contributed by atoms with Gasteiger partial charge in [-0.1, -0.05) is 35.3 Å². The van der Waals surface area contributed by atoms with Gasteiger partial charge in [-0.3, -0.25) is 9.78 Å². The Labute approximate surface area is 154 Å². The van der Waals surface area contributed by atoms with Crippen LogP contribution in [0.25, 0.3) is 5.69 Å². The second kappa shape index (κ2) is 7.46. The Bertz CT molecular complexity index is 937. The van der Waals surface area contributed by atoms with Gasteiger partial charge in [-0.2, -0.15) is 10.2 Å². The lowest BCUT2D eigenvalue weighted by Crippen LogP contribution is -2.18. The van der Waals surface area contributed by atoms with Crippen molar-refractivity contribution in [1.29, 1.82) is 0 Å². The molecular formula is C17H13Cl2N5O. The van der Waals surface area contributed by atoms with Gasteiger partial charge in [-0.05, 0) is 37.3 Å². The average Bonchev–Trinajstić information content (AvgIpc) is 2.90. The molecular weight excluding hydrogens is 361 g/mol. The van der Waals surface area contributed by atoms with E-state index in [-0.39, 0.29) is 5.69 Å². The van der Waals surface area contributed by atoms with Crippen LogP contribution >= 0.6 is 23.2 Å². The van der Waals surface area contributed by atoms with E-state index in [2.05, 4.69) is 20.6 Å². The molecule has 2 aromatic heterocycles. The third-order valence-electron chi connectivity index (χ3n) is 3.36. The van der Waals surface area contributed by atoms with Crippen LogP contribution in [0.4, 0.5) is 0 Å². The molecule has 0 unspecified atom stereocenters. The predicted molar refractivity (Wildman–Crippen MR) is 97.6 cm³/mol. The molecule has 1 aromatic carbocycles. The van der Waals surface area contributed by atoms with E-state index < -0.39 is 5.91 Å². The normalized spacial score (nSPS) is 11.0. The Morgan fingerprint density at radius 3 is 2.80 bits per heavy atom. The largest absolute Gasteiger partial charge is 0.289 e. The van der Waals surface area contributed by atoms with Crippen LogP contribution in [0.5, 0.6) is 0 Å². The van der Waals surface area contributed by atoms with Gasteiger partial charge in [-0.15, -0.1) is 0 Å². The molecule has 0 aliphatic rings. The summed E-state index contributed by atoms with van der Waals surface area (Å²) in [5.74, 6) is -0.409. The predicted octanol–water partition coefficient (Wildman–Crippen LogP) is 3.65. The maximum Gasteiger partial charge on any atom is 0.289 e. The third kappa shape index (κ3) is 3.87. The van der Waals surface area contributed by atoms with Crippen LogP contribution in [0, 0.1) is 6.92 Å². The zero-order valence-corrected chi connectivity index (χ0v) is 14.7. The molecule has 0 bridgehead atoms. The number of rotatable bonds is 4. The number of pyridine rings is 1. The number of amides is 1. The molecule has 6 nitrogen and oxygen atoms in total. The molecule has 2 heterocycles. The van der Waals surface area contributed by atoms with Gasteiger partial charge >= 0.3 is 0 Å². The molecule has 0 atom stereocenters. The Morgan fingerprint density at radius 2 is 2.08 bits per heavy atom. The van der Waals surface area contributed by atoms with Crippen LogP contribution in [0.2, 0.25) is 10.2 Å². The molecule has 0 saturated heterocycles. The number of hydrogen-bond donors (Lipinski definition) is 1. The Kier molecular flexibility index (Phi) is 5.11. The summed E-state index contributed by atoms with van der Waals surface area (Å²) in [5.41, 5.74) is 4.69. The summed E-state index contributed by atoms with van der Waals surface area (Å²) >= 11 is 12.4. The van der Waals surface area contributed by atoms with Crippen molar-refractivity contribution < 1.29 is 4.79 Å². The van der Waals surface area contributed by atoms with Gasteiger partial charge in [-0.25, -0.2) is 10.1 Å². The molecule has 0 saturated carbocycles. The highest BCUT2D eigenvalue weighted by Gasteiger charge is 2.13. The van der Waals surface area contributed by atoms with Crippen molar-refractivity contribution in [3.05, 3.63) is 75.8 Å². The molecule has 0 fully saturated rings. The van der Waals surface area contributed by atoms with Crippen LogP contribution in [0.15, 0.2) is 53.8 Å². The summed E-state index contributed by atoms with van der Waals surface area (Å²) in [6.07, 6.45) is 2.99. The number of carbonyl (C=O) groups excluding carboxylic acids is 1. The molecule has 0 spiro atoms. The summed E-state index contributed by atoms with van der Waals surface area (Å²) in [6.45, 7) is 1.80. The molecule has 3 rings (SSSR count). The van der Waals surface area contributed by atoms with Crippen LogP contribution in [-0.2, 0) is 0 Å². The minimum Gasteiger partial charge on any atom is -0.266 e. The first-order chi connectivity index (χ1) is 12.1. The van der Waals surface area contributed by atoms with E-state index >= 15 is 0 Å². The van der Waals surface area contributed by atoms with Gasteiger partial charge < -0.3 is 0 Å². The number of carbonyl (C=O) groups is 1.